The lowest BCUT2D eigenvalue weighted by atomic mass is 10.1. The maximum atomic E-state index is 13.3. The molecule has 0 saturated carbocycles. The van der Waals surface area contributed by atoms with Crippen LogP contribution in [0.15, 0.2) is 48.7 Å². The Kier molecular flexibility index (Phi) is 7.45. The summed E-state index contributed by atoms with van der Waals surface area (Å²) in [4.78, 5) is 35.8. The first-order chi connectivity index (χ1) is 18.4. The first-order valence-corrected chi connectivity index (χ1v) is 13.3. The zero-order valence-electron chi connectivity index (χ0n) is 21.5. The van der Waals surface area contributed by atoms with Gasteiger partial charge in [0.15, 0.2) is 5.13 Å². The molecule has 9 nitrogen and oxygen atoms in total. The number of para-hydroxylation sites is 1. The van der Waals surface area contributed by atoms with Crippen molar-refractivity contribution in [2.75, 3.05) is 46.6 Å². The lowest BCUT2D eigenvalue weighted by molar-refractivity contribution is 0.103. The van der Waals surface area contributed by atoms with Crippen LogP contribution in [0.2, 0.25) is 0 Å². The fraction of sp³-hybridized carbons (Fsp3) is 0.296. The van der Waals surface area contributed by atoms with Gasteiger partial charge in [0.05, 0.1) is 6.20 Å². The Hall–Kier alpha value is -4.12. The van der Waals surface area contributed by atoms with Gasteiger partial charge < -0.3 is 15.1 Å². The second-order valence-corrected chi connectivity index (χ2v) is 10.1. The highest BCUT2D eigenvalue weighted by atomic mass is 32.1. The molecule has 0 aliphatic carbocycles. The van der Waals surface area contributed by atoms with Crippen molar-refractivity contribution in [3.8, 4) is 0 Å². The van der Waals surface area contributed by atoms with E-state index in [0.29, 0.717) is 34.2 Å². The van der Waals surface area contributed by atoms with Crippen molar-refractivity contribution in [1.29, 1.82) is 0 Å². The van der Waals surface area contributed by atoms with Crippen molar-refractivity contribution in [2.24, 2.45) is 0 Å². The fourth-order valence-corrected chi connectivity index (χ4v) is 5.00. The first-order valence-electron chi connectivity index (χ1n) is 12.5. The number of nitrogens with zero attached hydrogens (tertiary/aromatic N) is 6. The predicted molar refractivity (Wildman–Crippen MR) is 149 cm³/mol. The molecule has 1 saturated heterocycles. The molecule has 3 heterocycles. The van der Waals surface area contributed by atoms with Crippen molar-refractivity contribution in [1.82, 2.24) is 19.9 Å². The van der Waals surface area contributed by atoms with E-state index in [4.69, 9.17) is 0 Å². The normalized spacial score (nSPS) is 13.5. The highest BCUT2D eigenvalue weighted by Gasteiger charge is 2.21. The van der Waals surface area contributed by atoms with Gasteiger partial charge in [0.25, 0.3) is 5.91 Å². The number of thiazole rings is 1. The molecular formula is C27H29FN8OS. The summed E-state index contributed by atoms with van der Waals surface area (Å²) in [6.07, 6.45) is 2.20. The summed E-state index contributed by atoms with van der Waals surface area (Å²) in [7, 11) is 0. The fourth-order valence-electron chi connectivity index (χ4n) is 4.30. The quantitative estimate of drug-likeness (QED) is 0.344. The number of hydrogen-bond acceptors (Lipinski definition) is 9. The molecule has 2 aromatic heterocycles. The monoisotopic (exact) mass is 532 g/mol. The predicted octanol–water partition coefficient (Wildman–Crippen LogP) is 4.97. The van der Waals surface area contributed by atoms with Crippen LogP contribution in [0, 0.1) is 19.7 Å². The van der Waals surface area contributed by atoms with Crippen molar-refractivity contribution in [3.63, 3.8) is 0 Å². The molecule has 1 aliphatic rings. The lowest BCUT2D eigenvalue weighted by Crippen LogP contribution is -2.47. The number of piperazine rings is 1. The number of halogens is 1. The van der Waals surface area contributed by atoms with E-state index in [1.165, 1.54) is 23.5 Å². The third-order valence-electron chi connectivity index (χ3n) is 6.41. The van der Waals surface area contributed by atoms with E-state index < -0.39 is 0 Å². The van der Waals surface area contributed by atoms with Gasteiger partial charge in [-0.05, 0) is 49.2 Å². The van der Waals surface area contributed by atoms with Gasteiger partial charge in [-0.2, -0.15) is 15.0 Å². The van der Waals surface area contributed by atoms with Crippen LogP contribution in [-0.2, 0) is 6.42 Å². The zero-order chi connectivity index (χ0) is 26.6. The number of nitrogens with one attached hydrogen (secondary N) is 2. The van der Waals surface area contributed by atoms with Crippen molar-refractivity contribution < 1.29 is 9.18 Å². The number of amides is 1. The minimum Gasteiger partial charge on any atom is -0.368 e. The van der Waals surface area contributed by atoms with Gasteiger partial charge in [-0.15, -0.1) is 0 Å². The summed E-state index contributed by atoms with van der Waals surface area (Å²) in [6.45, 7) is 8.92. The molecule has 0 atom stereocenters. The molecular weight excluding hydrogens is 503 g/mol. The zero-order valence-corrected chi connectivity index (χ0v) is 22.3. The van der Waals surface area contributed by atoms with Crippen molar-refractivity contribution >= 4 is 45.6 Å². The third kappa shape index (κ3) is 5.72. The van der Waals surface area contributed by atoms with E-state index in [-0.39, 0.29) is 11.7 Å². The van der Waals surface area contributed by atoms with Gasteiger partial charge in [-0.25, -0.2) is 9.37 Å². The van der Waals surface area contributed by atoms with Crippen LogP contribution in [-0.4, -0.2) is 52.0 Å². The van der Waals surface area contributed by atoms with Crippen LogP contribution >= 0.6 is 11.3 Å². The number of benzene rings is 2. The van der Waals surface area contributed by atoms with Gasteiger partial charge in [0.2, 0.25) is 11.9 Å². The van der Waals surface area contributed by atoms with E-state index in [1.54, 1.807) is 18.3 Å². The number of anilines is 5. The maximum Gasteiger partial charge on any atom is 0.267 e. The average molecular weight is 533 g/mol. The van der Waals surface area contributed by atoms with Gasteiger partial charge in [0, 0.05) is 44.0 Å². The van der Waals surface area contributed by atoms with Crippen LogP contribution in [0.3, 0.4) is 0 Å². The molecule has 4 aromatic rings. The van der Waals surface area contributed by atoms with Crippen molar-refractivity contribution in [3.05, 3.63) is 76.3 Å². The number of aryl methyl sites for hydroxylation is 3. The second-order valence-electron chi connectivity index (χ2n) is 9.05. The van der Waals surface area contributed by atoms with Gasteiger partial charge in [-0.1, -0.05) is 36.5 Å². The molecule has 0 radical (unpaired) electrons. The maximum absolute atomic E-state index is 13.3. The summed E-state index contributed by atoms with van der Waals surface area (Å²) >= 11 is 1.24. The Morgan fingerprint density at radius 2 is 1.66 bits per heavy atom. The number of carbonyl (C=O) groups is 1. The number of rotatable bonds is 7. The molecule has 0 unspecified atom stereocenters. The number of aromatic nitrogens is 4. The minimum atomic E-state index is -0.237. The van der Waals surface area contributed by atoms with Gasteiger partial charge in [-0.3, -0.25) is 10.1 Å². The van der Waals surface area contributed by atoms with Crippen LogP contribution < -0.4 is 20.4 Å². The molecule has 1 amide bonds. The van der Waals surface area contributed by atoms with E-state index in [0.717, 1.165) is 48.7 Å². The summed E-state index contributed by atoms with van der Waals surface area (Å²) in [5, 5.41) is 6.67. The Morgan fingerprint density at radius 3 is 2.34 bits per heavy atom. The lowest BCUT2D eigenvalue weighted by Gasteiger charge is -2.36. The van der Waals surface area contributed by atoms with Crippen LogP contribution in [0.25, 0.3) is 0 Å². The summed E-state index contributed by atoms with van der Waals surface area (Å²) in [5.41, 5.74) is 3.82. The van der Waals surface area contributed by atoms with E-state index in [2.05, 4.69) is 40.4 Å². The molecule has 1 fully saturated rings. The highest BCUT2D eigenvalue weighted by Crippen LogP contribution is 2.26. The van der Waals surface area contributed by atoms with Crippen LogP contribution in [0.4, 0.5) is 32.8 Å². The molecule has 2 aromatic carbocycles. The molecule has 1 aliphatic heterocycles. The standard InChI is InChI=1S/C27H29FN8OS/c1-4-22-30-25(33-26(31-22)36-14-12-35(13-15-36)20-10-8-19(28)9-11-20)34-27-29-16-21(38-27)24(37)32-23-17(2)6-5-7-18(23)3/h5-11,16H,4,12-15H2,1-3H3,(H,32,37)(H,29,30,31,33,34). The summed E-state index contributed by atoms with van der Waals surface area (Å²) in [6, 6.07) is 12.5. The molecule has 0 bridgehead atoms. The van der Waals surface area contributed by atoms with E-state index >= 15 is 0 Å². The molecule has 196 valence electrons. The topological polar surface area (TPSA) is 99.2 Å². The van der Waals surface area contributed by atoms with Crippen LogP contribution in [0.5, 0.6) is 0 Å². The SMILES string of the molecule is CCc1nc(Nc2ncc(C(=O)Nc3c(C)cccc3C)s2)nc(N2CCN(c3ccc(F)cc3)CC2)n1. The Balaban J connectivity index is 1.26. The first kappa shape index (κ1) is 25.5. The molecule has 0 spiro atoms. The molecule has 2 N–H and O–H groups in total. The number of carbonyl (C=O) groups excluding carboxylic acids is 1. The van der Waals surface area contributed by atoms with Gasteiger partial charge >= 0.3 is 0 Å². The summed E-state index contributed by atoms with van der Waals surface area (Å²) in [5.74, 6) is 1.21. The van der Waals surface area contributed by atoms with Crippen molar-refractivity contribution in [2.45, 2.75) is 27.2 Å². The highest BCUT2D eigenvalue weighted by molar-refractivity contribution is 7.17. The van der Waals surface area contributed by atoms with E-state index in [9.17, 15) is 9.18 Å². The molecule has 5 rings (SSSR count). The second kappa shape index (κ2) is 11.1. The molecule has 38 heavy (non-hydrogen) atoms. The van der Waals surface area contributed by atoms with Gasteiger partial charge in [0.1, 0.15) is 16.5 Å². The van der Waals surface area contributed by atoms with E-state index in [1.807, 2.05) is 39.0 Å². The smallest absolute Gasteiger partial charge is 0.267 e. The average Bonchev–Trinajstić information content (AvgIpc) is 3.39. The third-order valence-corrected chi connectivity index (χ3v) is 7.32. The summed E-state index contributed by atoms with van der Waals surface area (Å²) < 4.78 is 13.3. The number of hydrogen-bond donors (Lipinski definition) is 2. The Labute approximate surface area is 224 Å². The largest absolute Gasteiger partial charge is 0.368 e. The minimum absolute atomic E-state index is 0.211. The Morgan fingerprint density at radius 1 is 0.974 bits per heavy atom. The van der Waals surface area contributed by atoms with Crippen LogP contribution in [0.1, 0.15) is 33.5 Å². The Bertz CT molecular complexity index is 1410. The molecule has 11 heteroatoms.